The molecule has 3 rings (SSSR count). The van der Waals surface area contributed by atoms with Gasteiger partial charge in [0, 0.05) is 15.1 Å². The summed E-state index contributed by atoms with van der Waals surface area (Å²) < 4.78 is 8.54. The highest BCUT2D eigenvalue weighted by Gasteiger charge is 2.13. The zero-order valence-electron chi connectivity index (χ0n) is 13.7. The first-order chi connectivity index (χ1) is 12.5. The van der Waals surface area contributed by atoms with Crippen molar-refractivity contribution in [3.05, 3.63) is 62.3 Å². The molecular weight excluding hydrogens is 440 g/mol. The zero-order valence-corrected chi connectivity index (χ0v) is 16.9. The van der Waals surface area contributed by atoms with Gasteiger partial charge in [0.25, 0.3) is 5.91 Å². The topological polar surface area (TPSA) is 60.7 Å². The van der Waals surface area contributed by atoms with E-state index in [4.69, 9.17) is 16.3 Å². The smallest absolute Gasteiger partial charge is 0.326 e. The first-order valence-corrected chi connectivity index (χ1v) is 9.76. The molecule has 0 bridgehead atoms. The van der Waals surface area contributed by atoms with Crippen molar-refractivity contribution < 1.29 is 14.3 Å². The van der Waals surface area contributed by atoms with Gasteiger partial charge in [-0.3, -0.25) is 9.59 Å². The molecule has 0 aliphatic rings. The van der Waals surface area contributed by atoms with E-state index in [-0.39, 0.29) is 12.5 Å². The molecule has 0 aliphatic carbocycles. The number of esters is 1. The van der Waals surface area contributed by atoms with Crippen LogP contribution in [0.4, 0.5) is 0 Å². The summed E-state index contributed by atoms with van der Waals surface area (Å²) in [5.41, 5.74) is 1.20. The third kappa shape index (κ3) is 4.23. The van der Waals surface area contributed by atoms with Gasteiger partial charge in [0.1, 0.15) is 6.54 Å². The SMILES string of the molecule is CCOC(=O)Cn1c(=NC(=O)c2cccc(Cl)c2)sc2cc(Br)ccc21. The fraction of sp³-hybridized carbons (Fsp3) is 0.167. The van der Waals surface area contributed by atoms with Crippen molar-refractivity contribution in [2.75, 3.05) is 6.61 Å². The average Bonchev–Trinajstić information content (AvgIpc) is 2.91. The van der Waals surface area contributed by atoms with Gasteiger partial charge in [0.2, 0.25) is 0 Å². The highest BCUT2D eigenvalue weighted by Crippen LogP contribution is 2.22. The second-order valence-corrected chi connectivity index (χ2v) is 7.68. The van der Waals surface area contributed by atoms with Crippen LogP contribution >= 0.6 is 38.9 Å². The van der Waals surface area contributed by atoms with Gasteiger partial charge in [-0.2, -0.15) is 4.99 Å². The third-order valence-electron chi connectivity index (χ3n) is 3.51. The summed E-state index contributed by atoms with van der Waals surface area (Å²) in [7, 11) is 0. The van der Waals surface area contributed by atoms with E-state index < -0.39 is 5.91 Å². The summed E-state index contributed by atoms with van der Waals surface area (Å²) in [6.07, 6.45) is 0. The Balaban J connectivity index is 2.11. The van der Waals surface area contributed by atoms with Gasteiger partial charge in [0.15, 0.2) is 4.80 Å². The van der Waals surface area contributed by atoms with Crippen LogP contribution in [-0.2, 0) is 16.1 Å². The minimum Gasteiger partial charge on any atom is -0.465 e. The molecule has 0 fully saturated rings. The van der Waals surface area contributed by atoms with Crippen LogP contribution in [0.1, 0.15) is 17.3 Å². The van der Waals surface area contributed by atoms with Crippen molar-refractivity contribution >= 4 is 61.0 Å². The number of rotatable bonds is 4. The van der Waals surface area contributed by atoms with E-state index in [0.29, 0.717) is 22.0 Å². The standard InChI is InChI=1S/C18H14BrClN2O3S/c1-2-25-16(23)10-22-14-7-6-12(19)9-15(14)26-18(22)21-17(24)11-4-3-5-13(20)8-11/h3-9H,2,10H2,1H3. The lowest BCUT2D eigenvalue weighted by Crippen LogP contribution is -2.23. The number of halogens is 2. The summed E-state index contributed by atoms with van der Waals surface area (Å²) >= 11 is 10.7. The number of fused-ring (bicyclic) bond motifs is 1. The minimum atomic E-state index is -0.421. The van der Waals surface area contributed by atoms with Crippen molar-refractivity contribution in [3.63, 3.8) is 0 Å². The molecule has 1 amide bonds. The van der Waals surface area contributed by atoms with Gasteiger partial charge in [-0.25, -0.2) is 0 Å². The van der Waals surface area contributed by atoms with Crippen LogP contribution in [0.25, 0.3) is 10.2 Å². The molecule has 2 aromatic carbocycles. The number of carbonyl (C=O) groups excluding carboxylic acids is 2. The number of ether oxygens (including phenoxy) is 1. The number of benzene rings is 2. The quantitative estimate of drug-likeness (QED) is 0.549. The Hall–Kier alpha value is -1.96. The van der Waals surface area contributed by atoms with Gasteiger partial charge < -0.3 is 9.30 Å². The predicted octanol–water partition coefficient (Wildman–Crippen LogP) is 4.42. The molecule has 0 atom stereocenters. The molecule has 8 heteroatoms. The molecule has 5 nitrogen and oxygen atoms in total. The number of amides is 1. The molecule has 26 heavy (non-hydrogen) atoms. The molecule has 0 N–H and O–H groups in total. The fourth-order valence-electron chi connectivity index (χ4n) is 2.39. The first kappa shape index (κ1) is 18.8. The summed E-state index contributed by atoms with van der Waals surface area (Å²) in [5, 5.41) is 0.464. The lowest BCUT2D eigenvalue weighted by molar-refractivity contribution is -0.143. The van der Waals surface area contributed by atoms with Crippen molar-refractivity contribution in [2.24, 2.45) is 4.99 Å². The Morgan fingerprint density at radius 1 is 1.27 bits per heavy atom. The fourth-order valence-corrected chi connectivity index (χ4v) is 4.16. The first-order valence-electron chi connectivity index (χ1n) is 7.77. The Morgan fingerprint density at radius 2 is 2.08 bits per heavy atom. The van der Waals surface area contributed by atoms with Crippen molar-refractivity contribution in [1.29, 1.82) is 0 Å². The van der Waals surface area contributed by atoms with Crippen LogP contribution in [-0.4, -0.2) is 23.1 Å². The monoisotopic (exact) mass is 452 g/mol. The van der Waals surface area contributed by atoms with E-state index in [1.54, 1.807) is 35.8 Å². The van der Waals surface area contributed by atoms with E-state index in [9.17, 15) is 9.59 Å². The molecule has 0 radical (unpaired) electrons. The minimum absolute atomic E-state index is 0.0167. The van der Waals surface area contributed by atoms with Gasteiger partial charge in [-0.1, -0.05) is 44.9 Å². The summed E-state index contributed by atoms with van der Waals surface area (Å²) in [6.45, 7) is 2.03. The lowest BCUT2D eigenvalue weighted by Gasteiger charge is -2.05. The highest BCUT2D eigenvalue weighted by molar-refractivity contribution is 9.10. The molecule has 3 aromatic rings. The Labute approximate surface area is 167 Å². The largest absolute Gasteiger partial charge is 0.465 e. The van der Waals surface area contributed by atoms with Crippen molar-refractivity contribution in [3.8, 4) is 0 Å². The summed E-state index contributed by atoms with van der Waals surface area (Å²) in [5.74, 6) is -0.803. The maximum atomic E-state index is 12.5. The van der Waals surface area contributed by atoms with E-state index in [1.165, 1.54) is 11.3 Å². The lowest BCUT2D eigenvalue weighted by atomic mass is 10.2. The predicted molar refractivity (Wildman–Crippen MR) is 105 cm³/mol. The second-order valence-electron chi connectivity index (χ2n) is 5.32. The van der Waals surface area contributed by atoms with E-state index >= 15 is 0 Å². The number of nitrogens with zero attached hydrogens (tertiary/aromatic N) is 2. The van der Waals surface area contributed by atoms with Gasteiger partial charge in [-0.15, -0.1) is 0 Å². The average molecular weight is 454 g/mol. The maximum Gasteiger partial charge on any atom is 0.326 e. The van der Waals surface area contributed by atoms with Crippen LogP contribution < -0.4 is 4.80 Å². The van der Waals surface area contributed by atoms with E-state index in [1.807, 2.05) is 18.2 Å². The maximum absolute atomic E-state index is 12.5. The molecule has 0 saturated heterocycles. The third-order valence-corrected chi connectivity index (χ3v) is 5.28. The molecule has 0 unspecified atom stereocenters. The molecule has 134 valence electrons. The van der Waals surface area contributed by atoms with Crippen molar-refractivity contribution in [2.45, 2.75) is 13.5 Å². The van der Waals surface area contributed by atoms with Crippen LogP contribution in [0.15, 0.2) is 51.9 Å². The second kappa shape index (κ2) is 8.16. The number of aromatic nitrogens is 1. The van der Waals surface area contributed by atoms with Gasteiger partial charge in [-0.05, 0) is 43.3 Å². The molecule has 0 saturated carbocycles. The summed E-state index contributed by atoms with van der Waals surface area (Å²) in [4.78, 5) is 29.1. The molecule has 1 heterocycles. The van der Waals surface area contributed by atoms with E-state index in [0.717, 1.165) is 14.7 Å². The Morgan fingerprint density at radius 3 is 2.81 bits per heavy atom. The van der Waals surface area contributed by atoms with Crippen molar-refractivity contribution in [1.82, 2.24) is 4.57 Å². The zero-order chi connectivity index (χ0) is 18.7. The van der Waals surface area contributed by atoms with Gasteiger partial charge in [0.05, 0.1) is 16.8 Å². The molecule has 0 aliphatic heterocycles. The normalized spacial score (nSPS) is 11.7. The summed E-state index contributed by atoms with van der Waals surface area (Å²) in [6, 6.07) is 12.3. The van der Waals surface area contributed by atoms with Crippen LogP contribution in [0.5, 0.6) is 0 Å². The van der Waals surface area contributed by atoms with E-state index in [2.05, 4.69) is 20.9 Å². The number of thiazole rings is 1. The van der Waals surface area contributed by atoms with Crippen LogP contribution in [0, 0.1) is 0 Å². The highest BCUT2D eigenvalue weighted by atomic mass is 79.9. The Kier molecular flexibility index (Phi) is 5.90. The molecule has 0 spiro atoms. The molecular formula is C18H14BrClN2O3S. The number of hydrogen-bond donors (Lipinski definition) is 0. The number of carbonyl (C=O) groups is 2. The Bertz CT molecular complexity index is 1060. The van der Waals surface area contributed by atoms with Crippen LogP contribution in [0.3, 0.4) is 0 Å². The van der Waals surface area contributed by atoms with Crippen LogP contribution in [0.2, 0.25) is 5.02 Å². The number of hydrogen-bond acceptors (Lipinski definition) is 4. The van der Waals surface area contributed by atoms with Gasteiger partial charge >= 0.3 is 5.97 Å². The molecule has 1 aromatic heterocycles.